The maximum atomic E-state index is 13.7. The molecule has 2 aromatic carbocycles. The van der Waals surface area contributed by atoms with Crippen molar-refractivity contribution >= 4 is 35.0 Å². The molecule has 1 aliphatic heterocycles. The molecule has 1 saturated heterocycles. The standard InChI is InChI=1S/C26H30Cl2N2O2/c1-16(2)29-24(31)14-20-13-23(19-4-3-5-22(28)12-19)25(18-8-10-21(27)11-9-18)30(26(20)32)15-17-6-7-17/h3-5,8-12,16-17,20,23,25H,6-7,13-15H2,1-2H3,(H,29,31)/t20?,23-,25-/m1/s1. The van der Waals surface area contributed by atoms with Crippen LogP contribution < -0.4 is 5.32 Å². The number of carbonyl (C=O) groups is 2. The summed E-state index contributed by atoms with van der Waals surface area (Å²) >= 11 is 12.5. The summed E-state index contributed by atoms with van der Waals surface area (Å²) in [6, 6.07) is 15.6. The van der Waals surface area contributed by atoms with E-state index in [4.69, 9.17) is 23.2 Å². The lowest BCUT2D eigenvalue weighted by Gasteiger charge is -2.45. The molecule has 2 aliphatic rings. The summed E-state index contributed by atoms with van der Waals surface area (Å²) in [5, 5.41) is 4.30. The fourth-order valence-corrected chi connectivity index (χ4v) is 5.14. The van der Waals surface area contributed by atoms with Crippen LogP contribution in [0.3, 0.4) is 0 Å². The number of piperidine rings is 1. The predicted octanol–water partition coefficient (Wildman–Crippen LogP) is 5.99. The lowest BCUT2D eigenvalue weighted by Crippen LogP contribution is -2.49. The molecular formula is C26H30Cl2N2O2. The smallest absolute Gasteiger partial charge is 0.226 e. The molecule has 2 fully saturated rings. The molecule has 2 amide bonds. The molecular weight excluding hydrogens is 443 g/mol. The zero-order chi connectivity index (χ0) is 22.8. The van der Waals surface area contributed by atoms with Gasteiger partial charge in [-0.15, -0.1) is 0 Å². The maximum Gasteiger partial charge on any atom is 0.226 e. The highest BCUT2D eigenvalue weighted by Crippen LogP contribution is 2.48. The summed E-state index contributed by atoms with van der Waals surface area (Å²) in [5.41, 5.74) is 2.17. The van der Waals surface area contributed by atoms with Crippen molar-refractivity contribution < 1.29 is 9.59 Å². The molecule has 1 aliphatic carbocycles. The van der Waals surface area contributed by atoms with Gasteiger partial charge in [-0.3, -0.25) is 9.59 Å². The average Bonchev–Trinajstić information content (AvgIpc) is 3.55. The van der Waals surface area contributed by atoms with Crippen molar-refractivity contribution in [2.45, 2.75) is 57.5 Å². The third-order valence-electron chi connectivity index (χ3n) is 6.41. The number of hydrogen-bond donors (Lipinski definition) is 1. The molecule has 1 heterocycles. The minimum atomic E-state index is -0.347. The van der Waals surface area contributed by atoms with Gasteiger partial charge in [0, 0.05) is 40.9 Å². The summed E-state index contributed by atoms with van der Waals surface area (Å²) < 4.78 is 0. The number of hydrogen-bond acceptors (Lipinski definition) is 2. The monoisotopic (exact) mass is 472 g/mol. The predicted molar refractivity (Wildman–Crippen MR) is 129 cm³/mol. The number of benzene rings is 2. The zero-order valence-corrected chi connectivity index (χ0v) is 20.1. The molecule has 1 N–H and O–H groups in total. The molecule has 32 heavy (non-hydrogen) atoms. The molecule has 4 nitrogen and oxygen atoms in total. The van der Waals surface area contributed by atoms with Crippen molar-refractivity contribution in [2.24, 2.45) is 11.8 Å². The Labute approximate surface area is 200 Å². The Balaban J connectivity index is 1.73. The topological polar surface area (TPSA) is 49.4 Å². The van der Waals surface area contributed by atoms with Gasteiger partial charge >= 0.3 is 0 Å². The number of rotatable bonds is 7. The fraction of sp³-hybridized carbons (Fsp3) is 0.462. The van der Waals surface area contributed by atoms with Crippen LogP contribution in [0, 0.1) is 11.8 Å². The molecule has 2 aromatic rings. The highest BCUT2D eigenvalue weighted by Gasteiger charge is 2.45. The quantitative estimate of drug-likeness (QED) is 0.537. The van der Waals surface area contributed by atoms with Gasteiger partial charge in [-0.2, -0.15) is 0 Å². The van der Waals surface area contributed by atoms with Crippen LogP contribution in [0.2, 0.25) is 10.0 Å². The number of carbonyl (C=O) groups excluding carboxylic acids is 2. The van der Waals surface area contributed by atoms with Gasteiger partial charge in [0.15, 0.2) is 0 Å². The van der Waals surface area contributed by atoms with Crippen LogP contribution in [0.1, 0.15) is 62.6 Å². The van der Waals surface area contributed by atoms with Crippen molar-refractivity contribution in [3.8, 4) is 0 Å². The van der Waals surface area contributed by atoms with Gasteiger partial charge in [0.25, 0.3) is 0 Å². The Morgan fingerprint density at radius 2 is 1.78 bits per heavy atom. The Kier molecular flexibility index (Phi) is 7.11. The van der Waals surface area contributed by atoms with Crippen LogP contribution in [0.15, 0.2) is 48.5 Å². The molecule has 0 spiro atoms. The second-order valence-electron chi connectivity index (χ2n) is 9.45. The highest BCUT2D eigenvalue weighted by molar-refractivity contribution is 6.30. The number of nitrogens with one attached hydrogen (secondary N) is 1. The second kappa shape index (κ2) is 9.84. The third-order valence-corrected chi connectivity index (χ3v) is 6.90. The fourth-order valence-electron chi connectivity index (χ4n) is 4.81. The average molecular weight is 473 g/mol. The van der Waals surface area contributed by atoms with Gasteiger partial charge in [-0.1, -0.05) is 47.5 Å². The Bertz CT molecular complexity index is 972. The van der Waals surface area contributed by atoms with Crippen molar-refractivity contribution in [1.82, 2.24) is 10.2 Å². The number of likely N-dealkylation sites (tertiary alicyclic amines) is 1. The van der Waals surface area contributed by atoms with Crippen LogP contribution in [-0.4, -0.2) is 29.3 Å². The molecule has 0 radical (unpaired) electrons. The lowest BCUT2D eigenvalue weighted by molar-refractivity contribution is -0.146. The molecule has 4 rings (SSSR count). The van der Waals surface area contributed by atoms with E-state index in [1.165, 1.54) is 0 Å². The highest BCUT2D eigenvalue weighted by atomic mass is 35.5. The first kappa shape index (κ1) is 23.1. The van der Waals surface area contributed by atoms with E-state index >= 15 is 0 Å². The first-order chi connectivity index (χ1) is 15.3. The first-order valence-corrected chi connectivity index (χ1v) is 12.2. The van der Waals surface area contributed by atoms with E-state index < -0.39 is 0 Å². The van der Waals surface area contributed by atoms with Crippen LogP contribution in [0.25, 0.3) is 0 Å². The summed E-state index contributed by atoms with van der Waals surface area (Å²) in [7, 11) is 0. The molecule has 0 bridgehead atoms. The summed E-state index contributed by atoms with van der Waals surface area (Å²) in [6.07, 6.45) is 3.12. The van der Waals surface area contributed by atoms with Crippen LogP contribution in [0.5, 0.6) is 0 Å². The third kappa shape index (κ3) is 5.47. The molecule has 3 atom stereocenters. The van der Waals surface area contributed by atoms with E-state index in [9.17, 15) is 9.59 Å². The van der Waals surface area contributed by atoms with Crippen molar-refractivity contribution in [3.63, 3.8) is 0 Å². The van der Waals surface area contributed by atoms with Crippen molar-refractivity contribution in [3.05, 3.63) is 69.7 Å². The van der Waals surface area contributed by atoms with Gasteiger partial charge < -0.3 is 10.2 Å². The summed E-state index contributed by atoms with van der Waals surface area (Å²) in [6.45, 7) is 4.60. The molecule has 6 heteroatoms. The van der Waals surface area contributed by atoms with Gasteiger partial charge in [0.05, 0.1) is 6.04 Å². The number of halogens is 2. The number of amides is 2. The van der Waals surface area contributed by atoms with Gasteiger partial charge in [-0.05, 0) is 74.4 Å². The van der Waals surface area contributed by atoms with E-state index in [2.05, 4.69) is 11.4 Å². The van der Waals surface area contributed by atoms with Crippen molar-refractivity contribution in [2.75, 3.05) is 6.54 Å². The molecule has 1 saturated carbocycles. The Morgan fingerprint density at radius 3 is 2.41 bits per heavy atom. The Morgan fingerprint density at radius 1 is 1.06 bits per heavy atom. The van der Waals surface area contributed by atoms with E-state index in [0.29, 0.717) is 22.4 Å². The van der Waals surface area contributed by atoms with E-state index in [1.807, 2.05) is 61.2 Å². The van der Waals surface area contributed by atoms with Crippen LogP contribution in [0.4, 0.5) is 0 Å². The summed E-state index contributed by atoms with van der Waals surface area (Å²) in [4.78, 5) is 28.3. The van der Waals surface area contributed by atoms with E-state index in [-0.39, 0.29) is 42.2 Å². The van der Waals surface area contributed by atoms with E-state index in [1.54, 1.807) is 0 Å². The molecule has 170 valence electrons. The minimum Gasteiger partial charge on any atom is -0.354 e. The van der Waals surface area contributed by atoms with Crippen LogP contribution in [-0.2, 0) is 9.59 Å². The second-order valence-corrected chi connectivity index (χ2v) is 10.3. The first-order valence-electron chi connectivity index (χ1n) is 11.4. The lowest BCUT2D eigenvalue weighted by atomic mass is 9.74. The van der Waals surface area contributed by atoms with Crippen LogP contribution >= 0.6 is 23.2 Å². The minimum absolute atomic E-state index is 0.0446. The molecule has 1 unspecified atom stereocenters. The van der Waals surface area contributed by atoms with Gasteiger partial charge in [0.2, 0.25) is 11.8 Å². The SMILES string of the molecule is CC(C)NC(=O)CC1C[C@H](c2cccc(Cl)c2)[C@@H](c2ccc(Cl)cc2)N(CC2CC2)C1=O. The van der Waals surface area contributed by atoms with Crippen molar-refractivity contribution in [1.29, 1.82) is 0 Å². The normalized spacial score (nSPS) is 23.5. The van der Waals surface area contributed by atoms with Gasteiger partial charge in [0.1, 0.15) is 0 Å². The van der Waals surface area contributed by atoms with Gasteiger partial charge in [-0.25, -0.2) is 0 Å². The molecule has 0 aromatic heterocycles. The van der Waals surface area contributed by atoms with E-state index in [0.717, 1.165) is 30.5 Å². The number of nitrogens with zero attached hydrogens (tertiary/aromatic N) is 1. The maximum absolute atomic E-state index is 13.7. The Hall–Kier alpha value is -2.04. The largest absolute Gasteiger partial charge is 0.354 e. The summed E-state index contributed by atoms with van der Waals surface area (Å²) in [5.74, 6) is 0.244. The zero-order valence-electron chi connectivity index (χ0n) is 18.6.